The summed E-state index contributed by atoms with van der Waals surface area (Å²) >= 11 is 0. The summed E-state index contributed by atoms with van der Waals surface area (Å²) in [7, 11) is 0. The van der Waals surface area contributed by atoms with Gasteiger partial charge in [0.1, 0.15) is 0 Å². The van der Waals surface area contributed by atoms with Gasteiger partial charge in [-0.2, -0.15) is 0 Å². The van der Waals surface area contributed by atoms with Gasteiger partial charge < -0.3 is 5.11 Å². The first-order valence-corrected chi connectivity index (χ1v) is 8.50. The van der Waals surface area contributed by atoms with E-state index in [0.29, 0.717) is 18.3 Å². The first kappa shape index (κ1) is 15.8. The summed E-state index contributed by atoms with van der Waals surface area (Å²) in [5, 5.41) is 9.43. The quantitative estimate of drug-likeness (QED) is 0.849. The number of carboxylic acid groups (broad SMARTS) is 1. The van der Waals surface area contributed by atoms with E-state index < -0.39 is 5.97 Å². The summed E-state index contributed by atoms with van der Waals surface area (Å²) < 4.78 is 0. The predicted octanol–water partition coefficient (Wildman–Crippen LogP) is 3.92. The van der Waals surface area contributed by atoms with Gasteiger partial charge in [0, 0.05) is 5.54 Å². The first-order valence-electron chi connectivity index (χ1n) is 8.50. The Morgan fingerprint density at radius 3 is 2.40 bits per heavy atom. The summed E-state index contributed by atoms with van der Waals surface area (Å²) in [5.74, 6) is 0.764. The van der Waals surface area contributed by atoms with Gasteiger partial charge in [-0.1, -0.05) is 39.5 Å². The molecule has 2 rings (SSSR count). The van der Waals surface area contributed by atoms with Crippen molar-refractivity contribution in [3.8, 4) is 0 Å². The molecular formula is C17H31NO2. The molecule has 1 aliphatic heterocycles. The van der Waals surface area contributed by atoms with Crippen molar-refractivity contribution in [1.82, 2.24) is 4.90 Å². The molecule has 2 aliphatic rings. The molecule has 1 N–H and O–H groups in total. The maximum atomic E-state index is 11.5. The molecule has 0 aromatic rings. The number of hydrogen-bond donors (Lipinski definition) is 1. The average Bonchev–Trinajstić information content (AvgIpc) is 2.67. The van der Waals surface area contributed by atoms with Crippen molar-refractivity contribution >= 4 is 5.97 Å². The van der Waals surface area contributed by atoms with E-state index in [1.54, 1.807) is 0 Å². The Morgan fingerprint density at radius 1 is 1.20 bits per heavy atom. The van der Waals surface area contributed by atoms with Crippen molar-refractivity contribution < 1.29 is 9.90 Å². The highest BCUT2D eigenvalue weighted by Crippen LogP contribution is 2.42. The van der Waals surface area contributed by atoms with Crippen LogP contribution in [-0.2, 0) is 4.79 Å². The minimum Gasteiger partial charge on any atom is -0.481 e. The van der Waals surface area contributed by atoms with Gasteiger partial charge in [-0.05, 0) is 50.6 Å². The molecule has 1 heterocycles. The van der Waals surface area contributed by atoms with Gasteiger partial charge in [-0.3, -0.25) is 9.69 Å². The summed E-state index contributed by atoms with van der Waals surface area (Å²) in [5.41, 5.74) is -0.0522. The number of hydrogen-bond acceptors (Lipinski definition) is 2. The van der Waals surface area contributed by atoms with Gasteiger partial charge in [0.2, 0.25) is 0 Å². The predicted molar refractivity (Wildman–Crippen MR) is 81.8 cm³/mol. The lowest BCUT2D eigenvalue weighted by Gasteiger charge is -2.49. The van der Waals surface area contributed by atoms with E-state index in [0.717, 1.165) is 25.9 Å². The molecule has 3 nitrogen and oxygen atoms in total. The van der Waals surface area contributed by atoms with Crippen LogP contribution in [0.5, 0.6) is 0 Å². The SMILES string of the molecule is CC(C)C1CCCC(CC(=O)O)(N2CCCCCC2)C1. The summed E-state index contributed by atoms with van der Waals surface area (Å²) in [4.78, 5) is 14.0. The molecule has 1 saturated carbocycles. The van der Waals surface area contributed by atoms with E-state index in [1.807, 2.05) is 0 Å². The number of likely N-dealkylation sites (tertiary alicyclic amines) is 1. The molecule has 2 fully saturated rings. The summed E-state index contributed by atoms with van der Waals surface area (Å²) in [6, 6.07) is 0. The topological polar surface area (TPSA) is 40.5 Å². The van der Waals surface area contributed by atoms with Gasteiger partial charge in [0.25, 0.3) is 0 Å². The van der Waals surface area contributed by atoms with E-state index in [1.165, 1.54) is 38.5 Å². The molecule has 0 aromatic carbocycles. The monoisotopic (exact) mass is 281 g/mol. The third-order valence-electron chi connectivity index (χ3n) is 5.56. The Hall–Kier alpha value is -0.570. The normalized spacial score (nSPS) is 33.0. The molecule has 116 valence electrons. The molecule has 0 bridgehead atoms. The number of carbonyl (C=O) groups is 1. The Balaban J connectivity index is 2.17. The van der Waals surface area contributed by atoms with Crippen LogP contribution in [0.1, 0.15) is 71.6 Å². The minimum absolute atomic E-state index is 0.0522. The van der Waals surface area contributed by atoms with Crippen LogP contribution in [0.3, 0.4) is 0 Å². The lowest BCUT2D eigenvalue weighted by atomic mass is 9.69. The Bertz CT molecular complexity index is 321. The third-order valence-corrected chi connectivity index (χ3v) is 5.56. The van der Waals surface area contributed by atoms with Crippen molar-refractivity contribution in [2.75, 3.05) is 13.1 Å². The smallest absolute Gasteiger partial charge is 0.305 e. The van der Waals surface area contributed by atoms with Gasteiger partial charge in [0.05, 0.1) is 6.42 Å². The van der Waals surface area contributed by atoms with Crippen LogP contribution in [-0.4, -0.2) is 34.6 Å². The zero-order chi connectivity index (χ0) is 14.6. The van der Waals surface area contributed by atoms with E-state index in [-0.39, 0.29) is 5.54 Å². The van der Waals surface area contributed by atoms with Crippen LogP contribution in [0.25, 0.3) is 0 Å². The highest BCUT2D eigenvalue weighted by Gasteiger charge is 2.43. The first-order chi connectivity index (χ1) is 9.53. The standard InChI is InChI=1S/C17H31NO2/c1-14(2)15-8-7-9-17(12-15,13-16(19)20)18-10-5-3-4-6-11-18/h14-15H,3-13H2,1-2H3,(H,19,20). The maximum Gasteiger partial charge on any atom is 0.305 e. The highest BCUT2D eigenvalue weighted by molar-refractivity contribution is 5.68. The van der Waals surface area contributed by atoms with Gasteiger partial charge >= 0.3 is 5.97 Å². The van der Waals surface area contributed by atoms with Crippen molar-refractivity contribution in [2.45, 2.75) is 77.2 Å². The molecule has 20 heavy (non-hydrogen) atoms. The fourth-order valence-electron chi connectivity index (χ4n) is 4.34. The molecule has 0 aromatic heterocycles. The van der Waals surface area contributed by atoms with E-state index >= 15 is 0 Å². The van der Waals surface area contributed by atoms with Crippen molar-refractivity contribution in [3.63, 3.8) is 0 Å². The van der Waals surface area contributed by atoms with Gasteiger partial charge in [-0.25, -0.2) is 0 Å². The fraction of sp³-hybridized carbons (Fsp3) is 0.941. The van der Waals surface area contributed by atoms with Crippen molar-refractivity contribution in [2.24, 2.45) is 11.8 Å². The summed E-state index contributed by atoms with van der Waals surface area (Å²) in [6.45, 7) is 6.81. The zero-order valence-corrected chi connectivity index (χ0v) is 13.2. The Kier molecular flexibility index (Phi) is 5.48. The fourth-order valence-corrected chi connectivity index (χ4v) is 4.34. The molecule has 0 radical (unpaired) electrons. The van der Waals surface area contributed by atoms with Crippen LogP contribution < -0.4 is 0 Å². The van der Waals surface area contributed by atoms with E-state index in [2.05, 4.69) is 18.7 Å². The lowest BCUT2D eigenvalue weighted by molar-refractivity contribution is -0.142. The molecule has 1 aliphatic carbocycles. The number of nitrogens with zero attached hydrogens (tertiary/aromatic N) is 1. The molecule has 0 amide bonds. The van der Waals surface area contributed by atoms with Gasteiger partial charge in [-0.15, -0.1) is 0 Å². The van der Waals surface area contributed by atoms with Crippen molar-refractivity contribution in [3.05, 3.63) is 0 Å². The van der Waals surface area contributed by atoms with Crippen LogP contribution in [0.15, 0.2) is 0 Å². The highest BCUT2D eigenvalue weighted by atomic mass is 16.4. The molecule has 0 spiro atoms. The maximum absolute atomic E-state index is 11.5. The van der Waals surface area contributed by atoms with Crippen LogP contribution in [0, 0.1) is 11.8 Å². The van der Waals surface area contributed by atoms with Gasteiger partial charge in [0.15, 0.2) is 0 Å². The Labute approximate surface area is 123 Å². The second kappa shape index (κ2) is 6.93. The van der Waals surface area contributed by atoms with E-state index in [9.17, 15) is 9.90 Å². The second-order valence-electron chi connectivity index (χ2n) is 7.30. The minimum atomic E-state index is -0.612. The van der Waals surface area contributed by atoms with Crippen LogP contribution in [0.4, 0.5) is 0 Å². The average molecular weight is 281 g/mol. The number of aliphatic carboxylic acids is 1. The molecular weight excluding hydrogens is 250 g/mol. The second-order valence-corrected chi connectivity index (χ2v) is 7.30. The number of rotatable bonds is 4. The summed E-state index contributed by atoms with van der Waals surface area (Å²) in [6.07, 6.45) is 10.1. The molecule has 1 saturated heterocycles. The molecule has 2 unspecified atom stereocenters. The van der Waals surface area contributed by atoms with Crippen molar-refractivity contribution in [1.29, 1.82) is 0 Å². The van der Waals surface area contributed by atoms with Crippen LogP contribution >= 0.6 is 0 Å². The number of carboxylic acids is 1. The zero-order valence-electron chi connectivity index (χ0n) is 13.2. The Morgan fingerprint density at radius 2 is 1.85 bits per heavy atom. The largest absolute Gasteiger partial charge is 0.481 e. The molecule has 3 heteroatoms. The van der Waals surface area contributed by atoms with Crippen LogP contribution in [0.2, 0.25) is 0 Å². The molecule has 2 atom stereocenters. The van der Waals surface area contributed by atoms with E-state index in [4.69, 9.17) is 0 Å². The lowest BCUT2D eigenvalue weighted by Crippen LogP contribution is -2.53. The third kappa shape index (κ3) is 3.75.